The second kappa shape index (κ2) is 3.30. The second-order valence-corrected chi connectivity index (χ2v) is 3.58. The molecule has 1 atom stereocenters. The molecule has 1 N–H and O–H groups in total. The zero-order valence-corrected chi connectivity index (χ0v) is 7.74. The quantitative estimate of drug-likeness (QED) is 0.746. The van der Waals surface area contributed by atoms with Crippen molar-refractivity contribution in [3.05, 3.63) is 16.3 Å². The number of carbonyl (C=O) groups is 2. The first kappa shape index (κ1) is 9.01. The van der Waals surface area contributed by atoms with Crippen molar-refractivity contribution in [2.45, 2.75) is 12.7 Å². The Kier molecular flexibility index (Phi) is 2.12. The third-order valence-electron chi connectivity index (χ3n) is 1.65. The Labute approximate surface area is 82.9 Å². The van der Waals surface area contributed by atoms with E-state index < -0.39 is 18.2 Å². The first-order valence-electron chi connectivity index (χ1n) is 3.84. The Morgan fingerprint density at radius 3 is 3.07 bits per heavy atom. The average molecular weight is 214 g/mol. The van der Waals surface area contributed by atoms with E-state index in [1.807, 2.05) is 0 Å². The van der Waals surface area contributed by atoms with Gasteiger partial charge in [0.1, 0.15) is 12.2 Å². The normalized spacial score (nSPS) is 19.4. The molecule has 1 aromatic heterocycles. The van der Waals surface area contributed by atoms with Crippen molar-refractivity contribution < 1.29 is 24.2 Å². The Hall–Kier alpha value is -1.56. The summed E-state index contributed by atoms with van der Waals surface area (Å²) in [5.41, 5.74) is 0. The lowest BCUT2D eigenvalue weighted by atomic mass is 10.3. The number of aliphatic carboxylic acids is 1. The van der Waals surface area contributed by atoms with E-state index in [9.17, 15) is 9.59 Å². The van der Waals surface area contributed by atoms with E-state index >= 15 is 0 Å². The van der Waals surface area contributed by atoms with Crippen LogP contribution in [0.15, 0.2) is 11.4 Å². The highest BCUT2D eigenvalue weighted by Gasteiger charge is 2.30. The molecule has 0 saturated carbocycles. The van der Waals surface area contributed by atoms with E-state index in [2.05, 4.69) is 0 Å². The van der Waals surface area contributed by atoms with Crippen LogP contribution in [-0.2, 0) is 9.53 Å². The zero-order chi connectivity index (χ0) is 10.1. The van der Waals surface area contributed by atoms with Crippen LogP contribution >= 0.6 is 11.3 Å². The fraction of sp³-hybridized carbons (Fsp3) is 0.250. The number of carbonyl (C=O) groups excluding carboxylic acids is 1. The van der Waals surface area contributed by atoms with Gasteiger partial charge in [-0.2, -0.15) is 0 Å². The number of thiophene rings is 1. The maximum atomic E-state index is 11.3. The number of rotatable bonds is 2. The summed E-state index contributed by atoms with van der Waals surface area (Å²) in [5.74, 6) is -1.19. The Morgan fingerprint density at radius 2 is 2.36 bits per heavy atom. The second-order valence-electron chi connectivity index (χ2n) is 2.66. The maximum Gasteiger partial charge on any atom is 0.355 e. The van der Waals surface area contributed by atoms with Gasteiger partial charge in [-0.25, -0.2) is 4.79 Å². The Bertz CT molecular complexity index is 383. The van der Waals surface area contributed by atoms with Crippen molar-refractivity contribution in [3.8, 4) is 5.75 Å². The standard InChI is InChI=1S/C8H6O5S/c9-5(10)3-6-12-4-1-2-14-7(4)8(11)13-6/h1-2,6H,3H2,(H,9,10). The van der Waals surface area contributed by atoms with Crippen molar-refractivity contribution in [3.63, 3.8) is 0 Å². The summed E-state index contributed by atoms with van der Waals surface area (Å²) in [5, 5.41) is 10.2. The minimum absolute atomic E-state index is 0.346. The van der Waals surface area contributed by atoms with Crippen molar-refractivity contribution in [2.75, 3.05) is 0 Å². The van der Waals surface area contributed by atoms with Gasteiger partial charge in [-0.15, -0.1) is 11.3 Å². The number of hydrogen-bond acceptors (Lipinski definition) is 5. The number of cyclic esters (lactones) is 1. The third kappa shape index (κ3) is 1.56. The summed E-state index contributed by atoms with van der Waals surface area (Å²) in [6, 6.07) is 1.62. The molecular weight excluding hydrogens is 208 g/mol. The van der Waals surface area contributed by atoms with Gasteiger partial charge in [-0.1, -0.05) is 0 Å². The summed E-state index contributed by atoms with van der Waals surface area (Å²) >= 11 is 1.21. The van der Waals surface area contributed by atoms with Gasteiger partial charge < -0.3 is 14.6 Å². The molecule has 1 aliphatic rings. The molecule has 0 aromatic carbocycles. The lowest BCUT2D eigenvalue weighted by molar-refractivity contribution is -0.145. The predicted molar refractivity (Wildman–Crippen MR) is 46.4 cm³/mol. The van der Waals surface area contributed by atoms with Crippen LogP contribution in [0.25, 0.3) is 0 Å². The number of carboxylic acids is 1. The highest BCUT2D eigenvalue weighted by molar-refractivity contribution is 7.12. The minimum atomic E-state index is -1.07. The van der Waals surface area contributed by atoms with Gasteiger partial charge in [0.05, 0.1) is 0 Å². The first-order valence-corrected chi connectivity index (χ1v) is 4.71. The fourth-order valence-electron chi connectivity index (χ4n) is 1.10. The molecule has 0 saturated heterocycles. The lowest BCUT2D eigenvalue weighted by Crippen LogP contribution is -2.31. The van der Waals surface area contributed by atoms with Crippen LogP contribution in [-0.4, -0.2) is 23.3 Å². The predicted octanol–water partition coefficient (Wildman–Crippen LogP) is 1.10. The number of ether oxygens (including phenoxy) is 2. The van der Waals surface area contributed by atoms with Crippen molar-refractivity contribution in [2.24, 2.45) is 0 Å². The molecule has 2 heterocycles. The molecule has 2 rings (SSSR count). The summed E-state index contributed by atoms with van der Waals surface area (Å²) in [7, 11) is 0. The minimum Gasteiger partial charge on any atom is -0.481 e. The highest BCUT2D eigenvalue weighted by atomic mass is 32.1. The molecule has 1 aromatic rings. The number of hydrogen-bond donors (Lipinski definition) is 1. The van der Waals surface area contributed by atoms with Crippen LogP contribution in [0.1, 0.15) is 16.1 Å². The summed E-state index contributed by atoms with van der Waals surface area (Å²) in [4.78, 5) is 22.0. The molecular formula is C8H6O5S. The van der Waals surface area contributed by atoms with Gasteiger partial charge in [-0.3, -0.25) is 4.79 Å². The largest absolute Gasteiger partial charge is 0.481 e. The van der Waals surface area contributed by atoms with E-state index in [4.69, 9.17) is 14.6 Å². The molecule has 0 bridgehead atoms. The summed E-state index contributed by atoms with van der Waals surface area (Å²) < 4.78 is 9.89. The molecule has 0 aliphatic carbocycles. The van der Waals surface area contributed by atoms with Gasteiger partial charge in [0.15, 0.2) is 4.88 Å². The molecule has 0 radical (unpaired) electrons. The topological polar surface area (TPSA) is 72.8 Å². The van der Waals surface area contributed by atoms with E-state index in [1.54, 1.807) is 11.4 Å². The van der Waals surface area contributed by atoms with Crippen LogP contribution in [0.5, 0.6) is 5.75 Å². The third-order valence-corrected chi connectivity index (χ3v) is 2.53. The van der Waals surface area contributed by atoms with E-state index in [0.29, 0.717) is 10.6 Å². The van der Waals surface area contributed by atoms with Crippen LogP contribution in [0, 0.1) is 0 Å². The number of carboxylic acid groups (broad SMARTS) is 1. The van der Waals surface area contributed by atoms with E-state index in [1.165, 1.54) is 11.3 Å². The molecule has 0 fully saturated rings. The highest BCUT2D eigenvalue weighted by Crippen LogP contribution is 2.31. The van der Waals surface area contributed by atoms with Crippen LogP contribution in [0.3, 0.4) is 0 Å². The molecule has 0 amide bonds. The maximum absolute atomic E-state index is 11.3. The van der Waals surface area contributed by atoms with Crippen LogP contribution in [0.4, 0.5) is 0 Å². The molecule has 74 valence electrons. The Morgan fingerprint density at radius 1 is 1.57 bits per heavy atom. The smallest absolute Gasteiger partial charge is 0.355 e. The monoisotopic (exact) mass is 214 g/mol. The van der Waals surface area contributed by atoms with Crippen molar-refractivity contribution in [1.82, 2.24) is 0 Å². The van der Waals surface area contributed by atoms with Gasteiger partial charge in [0.2, 0.25) is 0 Å². The molecule has 14 heavy (non-hydrogen) atoms. The summed E-state index contributed by atoms with van der Waals surface area (Å²) in [6.07, 6.45) is -1.36. The van der Waals surface area contributed by atoms with Crippen LogP contribution in [0.2, 0.25) is 0 Å². The Balaban J connectivity index is 2.17. The van der Waals surface area contributed by atoms with Gasteiger partial charge in [-0.05, 0) is 11.4 Å². The SMILES string of the molecule is O=C(O)CC1OC(=O)c2sccc2O1. The molecule has 0 spiro atoms. The van der Waals surface area contributed by atoms with Gasteiger partial charge >= 0.3 is 11.9 Å². The number of esters is 1. The van der Waals surface area contributed by atoms with Gasteiger partial charge in [0, 0.05) is 0 Å². The first-order chi connectivity index (χ1) is 6.66. The summed E-state index contributed by atoms with van der Waals surface area (Å²) in [6.45, 7) is 0. The van der Waals surface area contributed by atoms with Crippen LogP contribution < -0.4 is 4.74 Å². The van der Waals surface area contributed by atoms with E-state index in [-0.39, 0.29) is 6.42 Å². The van der Waals surface area contributed by atoms with Crippen molar-refractivity contribution in [1.29, 1.82) is 0 Å². The van der Waals surface area contributed by atoms with E-state index in [0.717, 1.165) is 0 Å². The molecule has 5 nitrogen and oxygen atoms in total. The molecule has 1 aliphatic heterocycles. The fourth-order valence-corrected chi connectivity index (χ4v) is 1.81. The lowest BCUT2D eigenvalue weighted by Gasteiger charge is -2.21. The van der Waals surface area contributed by atoms with Crippen molar-refractivity contribution >= 4 is 23.3 Å². The van der Waals surface area contributed by atoms with Gasteiger partial charge in [0.25, 0.3) is 6.29 Å². The average Bonchev–Trinajstić information content (AvgIpc) is 2.50. The molecule has 6 heteroatoms. The molecule has 1 unspecified atom stereocenters. The zero-order valence-electron chi connectivity index (χ0n) is 6.93. The number of fused-ring (bicyclic) bond motifs is 1.